The molecule has 41 heavy (non-hydrogen) atoms. The number of benzene rings is 2. The van der Waals surface area contributed by atoms with E-state index in [2.05, 4.69) is 24.7 Å². The van der Waals surface area contributed by atoms with Gasteiger partial charge in [0.25, 0.3) is 0 Å². The molecule has 2 aromatic carbocycles. The first kappa shape index (κ1) is 30.2. The summed E-state index contributed by atoms with van der Waals surface area (Å²) in [6.45, 7) is 1.70. The van der Waals surface area contributed by atoms with Gasteiger partial charge in [-0.1, -0.05) is 24.3 Å². The molecule has 15 heteroatoms. The van der Waals surface area contributed by atoms with Crippen molar-refractivity contribution in [2.24, 2.45) is 0 Å². The molecule has 0 atom stereocenters. The quantitative estimate of drug-likeness (QED) is 0.181. The summed E-state index contributed by atoms with van der Waals surface area (Å²) in [5.74, 6) is -5.47. The summed E-state index contributed by atoms with van der Waals surface area (Å²) in [7, 11) is 0. The van der Waals surface area contributed by atoms with Gasteiger partial charge in [0.15, 0.2) is 23.3 Å². The molecule has 11 nitrogen and oxygen atoms in total. The summed E-state index contributed by atoms with van der Waals surface area (Å²) in [4.78, 5) is 37.2. The largest absolute Gasteiger partial charge is 0.459 e. The van der Waals surface area contributed by atoms with Gasteiger partial charge in [0.1, 0.15) is 24.8 Å². The average molecular weight is 574 g/mol. The van der Waals surface area contributed by atoms with Gasteiger partial charge in [0.05, 0.1) is 19.0 Å². The highest BCUT2D eigenvalue weighted by Crippen LogP contribution is 2.15. The third-order valence-electron chi connectivity index (χ3n) is 4.73. The molecule has 0 saturated carbocycles. The topological polar surface area (TPSA) is 151 Å². The van der Waals surface area contributed by atoms with Gasteiger partial charge in [-0.2, -0.15) is 9.97 Å². The van der Waals surface area contributed by atoms with Crippen molar-refractivity contribution in [3.8, 4) is 12.0 Å². The van der Waals surface area contributed by atoms with Gasteiger partial charge in [-0.3, -0.25) is 10.1 Å². The lowest BCUT2D eigenvalue weighted by molar-refractivity contribution is -0.152. The lowest BCUT2D eigenvalue weighted by atomic mass is 10.2. The maximum atomic E-state index is 13.6. The number of nitrogens with two attached hydrogens (primary N) is 1. The van der Waals surface area contributed by atoms with Crippen LogP contribution in [-0.2, 0) is 27.5 Å². The molecular weight excluding hydrogens is 552 g/mol. The standard InChI is InChI=1S/C15H13F2N3O4.C11H9F2N3O/c1-2-23-14(22)13(21)19-12-11(17)7-18-15(20-12)24-8-9-3-5-10(16)6-4-9;12-8-3-1-7(2-4-8)6-17-11-15-5-9(13)10(14)16-11/h3-7H,2,8H2,1H3,(H,18,19,20,21);1-5H,6H2,(H2,14,15,16). The second kappa shape index (κ2) is 14.7. The fourth-order valence-corrected chi connectivity index (χ4v) is 2.75. The van der Waals surface area contributed by atoms with Crippen molar-refractivity contribution in [1.29, 1.82) is 0 Å². The van der Waals surface area contributed by atoms with Crippen molar-refractivity contribution in [3.05, 3.63) is 95.3 Å². The molecule has 0 aliphatic rings. The number of aromatic nitrogens is 4. The van der Waals surface area contributed by atoms with Crippen molar-refractivity contribution in [2.45, 2.75) is 20.1 Å². The summed E-state index contributed by atoms with van der Waals surface area (Å²) in [5.41, 5.74) is 6.64. The lowest BCUT2D eigenvalue weighted by Gasteiger charge is -2.08. The molecule has 2 heterocycles. The minimum Gasteiger partial charge on any atom is -0.459 e. The molecule has 0 fully saturated rings. The normalized spacial score (nSPS) is 10.2. The zero-order valence-electron chi connectivity index (χ0n) is 21.3. The zero-order chi connectivity index (χ0) is 29.8. The maximum Gasteiger partial charge on any atom is 0.397 e. The van der Waals surface area contributed by atoms with Crippen LogP contribution in [0.15, 0.2) is 60.9 Å². The van der Waals surface area contributed by atoms with Crippen LogP contribution in [0.4, 0.5) is 29.2 Å². The first-order chi connectivity index (χ1) is 19.6. The Balaban J connectivity index is 0.000000239. The Kier molecular flexibility index (Phi) is 10.8. The van der Waals surface area contributed by atoms with Gasteiger partial charge in [-0.05, 0) is 42.3 Å². The molecule has 4 rings (SSSR count). The van der Waals surface area contributed by atoms with Crippen LogP contribution in [0.5, 0.6) is 12.0 Å². The number of carbonyl (C=O) groups is 2. The highest BCUT2D eigenvalue weighted by Gasteiger charge is 2.18. The van der Waals surface area contributed by atoms with E-state index in [4.69, 9.17) is 15.2 Å². The summed E-state index contributed by atoms with van der Waals surface area (Å²) >= 11 is 0. The van der Waals surface area contributed by atoms with Crippen LogP contribution in [0.2, 0.25) is 0 Å². The van der Waals surface area contributed by atoms with Crippen LogP contribution >= 0.6 is 0 Å². The molecule has 0 saturated heterocycles. The minimum absolute atomic E-state index is 0.00450. The Labute approximate surface area is 230 Å². The predicted octanol–water partition coefficient (Wildman–Crippen LogP) is 3.75. The zero-order valence-corrected chi connectivity index (χ0v) is 21.3. The molecular formula is C26H22F4N6O5. The van der Waals surface area contributed by atoms with Crippen molar-refractivity contribution in [1.82, 2.24) is 19.9 Å². The Hall–Kier alpha value is -5.34. The number of ether oxygens (including phenoxy) is 3. The summed E-state index contributed by atoms with van der Waals surface area (Å²) < 4.78 is 66.7. The Morgan fingerprint density at radius 1 is 0.780 bits per heavy atom. The monoisotopic (exact) mass is 574 g/mol. The van der Waals surface area contributed by atoms with E-state index in [1.807, 2.05) is 5.32 Å². The van der Waals surface area contributed by atoms with Gasteiger partial charge in [0.2, 0.25) is 0 Å². The number of halogens is 4. The number of rotatable bonds is 8. The number of anilines is 2. The second-order valence-electron chi connectivity index (χ2n) is 7.74. The average Bonchev–Trinajstić information content (AvgIpc) is 2.96. The second-order valence-corrected chi connectivity index (χ2v) is 7.74. The molecule has 0 radical (unpaired) electrons. The number of carbonyl (C=O) groups excluding carboxylic acids is 2. The number of hydrogen-bond donors (Lipinski definition) is 2. The van der Waals surface area contributed by atoms with Gasteiger partial charge >= 0.3 is 23.9 Å². The number of hydrogen-bond acceptors (Lipinski definition) is 10. The van der Waals surface area contributed by atoms with Crippen LogP contribution in [-0.4, -0.2) is 38.4 Å². The molecule has 1 amide bonds. The lowest BCUT2D eigenvalue weighted by Crippen LogP contribution is -2.26. The molecule has 0 bridgehead atoms. The van der Waals surface area contributed by atoms with Gasteiger partial charge in [0, 0.05) is 0 Å². The fraction of sp³-hybridized carbons (Fsp3) is 0.154. The Morgan fingerprint density at radius 2 is 1.27 bits per heavy atom. The number of amides is 1. The van der Waals surface area contributed by atoms with E-state index in [0.29, 0.717) is 5.56 Å². The molecule has 3 N–H and O–H groups in total. The van der Waals surface area contributed by atoms with Crippen molar-refractivity contribution in [2.75, 3.05) is 17.7 Å². The van der Waals surface area contributed by atoms with E-state index in [0.717, 1.165) is 18.0 Å². The number of nitrogens with one attached hydrogen (secondary N) is 1. The SMILES string of the molecule is CCOC(=O)C(=O)Nc1nc(OCc2ccc(F)cc2)ncc1F.Nc1nc(OCc2ccc(F)cc2)ncc1F. The van der Waals surface area contributed by atoms with Crippen LogP contribution in [0.3, 0.4) is 0 Å². The molecule has 2 aromatic heterocycles. The minimum atomic E-state index is -1.17. The Morgan fingerprint density at radius 3 is 1.76 bits per heavy atom. The highest BCUT2D eigenvalue weighted by molar-refractivity contribution is 6.37. The van der Waals surface area contributed by atoms with E-state index < -0.39 is 29.3 Å². The summed E-state index contributed by atoms with van der Waals surface area (Å²) in [6, 6.07) is 11.1. The van der Waals surface area contributed by atoms with E-state index in [-0.39, 0.29) is 49.3 Å². The van der Waals surface area contributed by atoms with E-state index >= 15 is 0 Å². The van der Waals surface area contributed by atoms with Crippen molar-refractivity contribution >= 4 is 23.5 Å². The van der Waals surface area contributed by atoms with Crippen LogP contribution < -0.4 is 20.5 Å². The smallest absolute Gasteiger partial charge is 0.397 e. The number of nitrogen functional groups attached to an aromatic ring is 1. The molecule has 0 spiro atoms. The number of nitrogens with zero attached hydrogens (tertiary/aromatic N) is 4. The highest BCUT2D eigenvalue weighted by atomic mass is 19.1. The third kappa shape index (κ3) is 9.72. The third-order valence-corrected chi connectivity index (χ3v) is 4.73. The number of esters is 1. The van der Waals surface area contributed by atoms with Crippen LogP contribution in [0.25, 0.3) is 0 Å². The van der Waals surface area contributed by atoms with Gasteiger partial charge in [-0.15, -0.1) is 0 Å². The van der Waals surface area contributed by atoms with Crippen LogP contribution in [0, 0.1) is 23.3 Å². The van der Waals surface area contributed by atoms with E-state index in [1.54, 1.807) is 12.1 Å². The fourth-order valence-electron chi connectivity index (χ4n) is 2.75. The molecule has 0 aliphatic carbocycles. The van der Waals surface area contributed by atoms with Gasteiger partial charge < -0.3 is 19.9 Å². The van der Waals surface area contributed by atoms with E-state index in [9.17, 15) is 27.2 Å². The predicted molar refractivity (Wildman–Crippen MR) is 135 cm³/mol. The first-order valence-electron chi connectivity index (χ1n) is 11.7. The Bertz CT molecular complexity index is 1480. The van der Waals surface area contributed by atoms with Crippen molar-refractivity contribution in [3.63, 3.8) is 0 Å². The molecule has 0 aliphatic heterocycles. The van der Waals surface area contributed by atoms with Gasteiger partial charge in [-0.25, -0.2) is 32.3 Å². The summed E-state index contributed by atoms with van der Waals surface area (Å²) in [5, 5.41) is 1.97. The van der Waals surface area contributed by atoms with Crippen LogP contribution in [0.1, 0.15) is 18.1 Å². The first-order valence-corrected chi connectivity index (χ1v) is 11.7. The van der Waals surface area contributed by atoms with E-state index in [1.165, 1.54) is 43.3 Å². The maximum absolute atomic E-state index is 13.6. The molecule has 0 unspecified atom stereocenters. The van der Waals surface area contributed by atoms with Crippen molar-refractivity contribution < 1.29 is 41.4 Å². The summed E-state index contributed by atoms with van der Waals surface area (Å²) in [6.07, 6.45) is 1.72. The molecule has 4 aromatic rings. The molecule has 214 valence electrons.